The van der Waals surface area contributed by atoms with Crippen molar-refractivity contribution in [3.8, 4) is 0 Å². The molecule has 1 fully saturated rings. The van der Waals surface area contributed by atoms with Crippen LogP contribution in [0, 0.1) is 5.92 Å². The molecule has 1 aromatic heterocycles. The molecule has 1 N–H and O–H groups in total. The number of amides is 1. The predicted molar refractivity (Wildman–Crippen MR) is 83.0 cm³/mol. The molecular weight excluding hydrogens is 270 g/mol. The van der Waals surface area contributed by atoms with Crippen LogP contribution in [0.15, 0.2) is 6.20 Å². The third kappa shape index (κ3) is 2.60. The summed E-state index contributed by atoms with van der Waals surface area (Å²) in [5, 5.41) is 8.00. The van der Waals surface area contributed by atoms with Crippen LogP contribution in [0.25, 0.3) is 0 Å². The van der Waals surface area contributed by atoms with Gasteiger partial charge in [0.15, 0.2) is 0 Å². The topological polar surface area (TPSA) is 46.9 Å². The van der Waals surface area contributed by atoms with E-state index in [9.17, 15) is 4.79 Å². The number of carbonyl (C=O) groups excluding carboxylic acids is 1. The number of aromatic nitrogens is 2. The lowest BCUT2D eigenvalue weighted by atomic mass is 9.85. The molecule has 3 rings (SSSR count). The van der Waals surface area contributed by atoms with Crippen LogP contribution in [0.5, 0.6) is 0 Å². The van der Waals surface area contributed by atoms with Crippen LogP contribution in [0.3, 0.4) is 0 Å². The Bertz CT molecular complexity index is 491. The number of hydrogen-bond donors (Lipinski definition) is 1. The van der Waals surface area contributed by atoms with Gasteiger partial charge in [-0.2, -0.15) is 5.10 Å². The summed E-state index contributed by atoms with van der Waals surface area (Å²) < 4.78 is 1.95. The van der Waals surface area contributed by atoms with E-state index in [-0.39, 0.29) is 11.9 Å². The minimum Gasteiger partial charge on any atom is -0.310 e. The summed E-state index contributed by atoms with van der Waals surface area (Å²) in [6, 6.07) is 0.272. The highest BCUT2D eigenvalue weighted by Crippen LogP contribution is 2.47. The standard InChI is InChI=1S/C15H23N3OS/c1-10(2)18-15-12(8-16-18)14(20-9-13(19)17-15)11-6-4-3-5-7-11/h8,10-11,14H,3-7,9H2,1-2H3,(H,17,19)/t14-/m0/s1. The van der Waals surface area contributed by atoms with Crippen molar-refractivity contribution in [2.45, 2.75) is 57.2 Å². The van der Waals surface area contributed by atoms with Crippen LogP contribution in [0.4, 0.5) is 5.82 Å². The van der Waals surface area contributed by atoms with Gasteiger partial charge in [-0.05, 0) is 32.6 Å². The van der Waals surface area contributed by atoms with Crippen molar-refractivity contribution >= 4 is 23.5 Å². The van der Waals surface area contributed by atoms with Gasteiger partial charge in [0.05, 0.1) is 11.9 Å². The smallest absolute Gasteiger partial charge is 0.235 e. The average Bonchev–Trinajstić information content (AvgIpc) is 2.77. The van der Waals surface area contributed by atoms with E-state index >= 15 is 0 Å². The van der Waals surface area contributed by atoms with Gasteiger partial charge in [0, 0.05) is 16.9 Å². The normalized spacial score (nSPS) is 24.4. The second-order valence-corrected chi connectivity index (χ2v) is 7.29. The fraction of sp³-hybridized carbons (Fsp3) is 0.733. The van der Waals surface area contributed by atoms with Gasteiger partial charge in [-0.1, -0.05) is 19.3 Å². The Kier molecular flexibility index (Phi) is 4.06. The van der Waals surface area contributed by atoms with Crippen molar-refractivity contribution in [2.24, 2.45) is 5.92 Å². The van der Waals surface area contributed by atoms with Crippen LogP contribution in [0.2, 0.25) is 0 Å². The van der Waals surface area contributed by atoms with Gasteiger partial charge < -0.3 is 5.32 Å². The van der Waals surface area contributed by atoms with Crippen molar-refractivity contribution in [3.05, 3.63) is 11.8 Å². The Labute approximate surface area is 124 Å². The maximum atomic E-state index is 12.0. The zero-order chi connectivity index (χ0) is 14.1. The molecule has 0 radical (unpaired) electrons. The van der Waals surface area contributed by atoms with Gasteiger partial charge >= 0.3 is 0 Å². The molecule has 20 heavy (non-hydrogen) atoms. The van der Waals surface area contributed by atoms with Gasteiger partial charge in [-0.15, -0.1) is 11.8 Å². The number of carbonyl (C=O) groups is 1. The molecule has 0 spiro atoms. The van der Waals surface area contributed by atoms with Crippen LogP contribution in [-0.2, 0) is 4.79 Å². The molecule has 2 heterocycles. The first-order valence-electron chi connectivity index (χ1n) is 7.65. The number of fused-ring (bicyclic) bond motifs is 1. The van der Waals surface area contributed by atoms with Gasteiger partial charge in [-0.25, -0.2) is 4.68 Å². The highest BCUT2D eigenvalue weighted by molar-refractivity contribution is 8.00. The van der Waals surface area contributed by atoms with E-state index in [1.54, 1.807) is 11.8 Å². The molecule has 0 bridgehead atoms. The molecule has 1 aliphatic heterocycles. The van der Waals surface area contributed by atoms with E-state index in [0.29, 0.717) is 16.9 Å². The predicted octanol–water partition coefficient (Wildman–Crippen LogP) is 3.77. The van der Waals surface area contributed by atoms with E-state index in [1.807, 2.05) is 10.9 Å². The summed E-state index contributed by atoms with van der Waals surface area (Å²) in [4.78, 5) is 12.0. The Morgan fingerprint density at radius 1 is 1.35 bits per heavy atom. The SMILES string of the molecule is CC(C)n1ncc2c1NC(=O)CS[C@H]2C1CCCCC1. The molecular formula is C15H23N3OS. The Hall–Kier alpha value is -0.970. The molecule has 1 aromatic rings. The highest BCUT2D eigenvalue weighted by Gasteiger charge is 2.33. The van der Waals surface area contributed by atoms with E-state index in [4.69, 9.17) is 0 Å². The number of nitrogens with zero attached hydrogens (tertiary/aromatic N) is 2. The summed E-state index contributed by atoms with van der Waals surface area (Å²) in [6.07, 6.45) is 8.58. The summed E-state index contributed by atoms with van der Waals surface area (Å²) in [5.41, 5.74) is 1.24. The minimum atomic E-state index is 0.108. The lowest BCUT2D eigenvalue weighted by Crippen LogP contribution is -2.17. The van der Waals surface area contributed by atoms with Crippen molar-refractivity contribution < 1.29 is 4.79 Å². The molecule has 1 aliphatic carbocycles. The number of nitrogens with one attached hydrogen (secondary N) is 1. The maximum absolute atomic E-state index is 12.0. The third-order valence-electron chi connectivity index (χ3n) is 4.35. The van der Waals surface area contributed by atoms with Gasteiger partial charge in [0.2, 0.25) is 5.91 Å². The first-order valence-corrected chi connectivity index (χ1v) is 8.70. The molecule has 110 valence electrons. The van der Waals surface area contributed by atoms with Crippen molar-refractivity contribution in [3.63, 3.8) is 0 Å². The van der Waals surface area contributed by atoms with Gasteiger partial charge in [0.25, 0.3) is 0 Å². The second-order valence-electron chi connectivity index (χ2n) is 6.16. The number of thioether (sulfide) groups is 1. The summed E-state index contributed by atoms with van der Waals surface area (Å²) >= 11 is 1.80. The van der Waals surface area contributed by atoms with E-state index < -0.39 is 0 Å². The average molecular weight is 293 g/mol. The van der Waals surface area contributed by atoms with E-state index in [2.05, 4.69) is 24.3 Å². The van der Waals surface area contributed by atoms with E-state index in [1.165, 1.54) is 37.7 Å². The minimum absolute atomic E-state index is 0.108. The molecule has 2 aliphatic rings. The molecule has 5 heteroatoms. The van der Waals surface area contributed by atoms with Crippen LogP contribution < -0.4 is 5.32 Å². The van der Waals surface area contributed by atoms with E-state index in [0.717, 1.165) is 5.82 Å². The molecule has 1 atom stereocenters. The Morgan fingerprint density at radius 2 is 2.10 bits per heavy atom. The summed E-state index contributed by atoms with van der Waals surface area (Å²) in [7, 11) is 0. The monoisotopic (exact) mass is 293 g/mol. The lowest BCUT2D eigenvalue weighted by molar-refractivity contribution is -0.113. The quantitative estimate of drug-likeness (QED) is 0.903. The van der Waals surface area contributed by atoms with Gasteiger partial charge in [-0.3, -0.25) is 4.79 Å². The molecule has 1 saturated carbocycles. The largest absolute Gasteiger partial charge is 0.310 e. The maximum Gasteiger partial charge on any atom is 0.235 e. The van der Waals surface area contributed by atoms with Crippen molar-refractivity contribution in [2.75, 3.05) is 11.1 Å². The molecule has 0 aromatic carbocycles. The number of anilines is 1. The molecule has 1 amide bonds. The van der Waals surface area contributed by atoms with Gasteiger partial charge in [0.1, 0.15) is 5.82 Å². The first-order chi connectivity index (χ1) is 9.66. The zero-order valence-electron chi connectivity index (χ0n) is 12.3. The molecule has 0 saturated heterocycles. The Balaban J connectivity index is 1.95. The van der Waals surface area contributed by atoms with Crippen LogP contribution in [-0.4, -0.2) is 21.4 Å². The summed E-state index contributed by atoms with van der Waals surface area (Å²) in [6.45, 7) is 4.21. The zero-order valence-corrected chi connectivity index (χ0v) is 13.1. The molecule has 0 unspecified atom stereocenters. The first kappa shape index (κ1) is 14.0. The van der Waals surface area contributed by atoms with Crippen molar-refractivity contribution in [1.82, 2.24) is 9.78 Å². The lowest BCUT2D eigenvalue weighted by Gasteiger charge is -2.28. The van der Waals surface area contributed by atoms with Crippen molar-refractivity contribution in [1.29, 1.82) is 0 Å². The number of hydrogen-bond acceptors (Lipinski definition) is 3. The molecule has 4 nitrogen and oxygen atoms in total. The number of rotatable bonds is 2. The second kappa shape index (κ2) is 5.80. The fourth-order valence-corrected chi connectivity index (χ4v) is 4.65. The summed E-state index contributed by atoms with van der Waals surface area (Å²) in [5.74, 6) is 2.31. The van der Waals surface area contributed by atoms with Crippen LogP contribution in [0.1, 0.15) is 62.8 Å². The fourth-order valence-electron chi connectivity index (χ4n) is 3.36. The third-order valence-corrected chi connectivity index (χ3v) is 5.78. The Morgan fingerprint density at radius 3 is 2.80 bits per heavy atom. The highest BCUT2D eigenvalue weighted by atomic mass is 32.2. The van der Waals surface area contributed by atoms with Crippen LogP contribution >= 0.6 is 11.8 Å².